The van der Waals surface area contributed by atoms with E-state index in [-0.39, 0.29) is 17.0 Å². The molecular weight excluding hydrogens is 266 g/mol. The third-order valence-electron chi connectivity index (χ3n) is 2.41. The van der Waals surface area contributed by atoms with Crippen molar-refractivity contribution in [3.05, 3.63) is 41.3 Å². The van der Waals surface area contributed by atoms with Crippen molar-refractivity contribution in [1.29, 1.82) is 0 Å². The van der Waals surface area contributed by atoms with E-state index in [0.29, 0.717) is 6.07 Å². The molecule has 8 heteroatoms. The summed E-state index contributed by atoms with van der Waals surface area (Å²) in [5.74, 6) is -1.86. The molecule has 0 saturated carbocycles. The number of hydrogen-bond acceptors (Lipinski definition) is 2. The van der Waals surface area contributed by atoms with Crippen LogP contribution < -0.4 is 5.73 Å². The number of rotatable bonds is 2. The maximum absolute atomic E-state index is 12.9. The van der Waals surface area contributed by atoms with Crippen molar-refractivity contribution in [3.63, 3.8) is 0 Å². The molecule has 2 aromatic rings. The smallest absolute Gasteiger partial charge is 0.364 e. The fraction of sp³-hybridized carbons (Fsp3) is 0.0909. The molecule has 1 heterocycles. The zero-order chi connectivity index (χ0) is 14.2. The lowest BCUT2D eigenvalue weighted by Gasteiger charge is -2.11. The Morgan fingerprint density at radius 1 is 1.26 bits per heavy atom. The molecule has 0 bridgehead atoms. The molecule has 0 aliphatic carbocycles. The Morgan fingerprint density at radius 2 is 1.95 bits per heavy atom. The third-order valence-corrected chi connectivity index (χ3v) is 2.41. The summed E-state index contributed by atoms with van der Waals surface area (Å²) >= 11 is 0. The molecule has 4 nitrogen and oxygen atoms in total. The molecule has 1 aromatic heterocycles. The van der Waals surface area contributed by atoms with Crippen LogP contribution in [0.3, 0.4) is 0 Å². The van der Waals surface area contributed by atoms with Crippen LogP contribution in [0.2, 0.25) is 0 Å². The summed E-state index contributed by atoms with van der Waals surface area (Å²) in [5.41, 5.74) is 3.18. The molecule has 0 radical (unpaired) electrons. The van der Waals surface area contributed by atoms with E-state index in [2.05, 4.69) is 10.2 Å². The standard InChI is InChI=1S/C11H7F4N3O/c12-5-1-2-6(7(3-5)11(13,14)15)8-4-9(10(16)19)18-17-8/h1-4H,(H2,16,19)(H,17,18). The summed E-state index contributed by atoms with van der Waals surface area (Å²) in [6.45, 7) is 0. The fourth-order valence-electron chi connectivity index (χ4n) is 1.56. The van der Waals surface area contributed by atoms with Crippen molar-refractivity contribution >= 4 is 5.91 Å². The van der Waals surface area contributed by atoms with Gasteiger partial charge in [0, 0.05) is 5.56 Å². The molecule has 1 aromatic carbocycles. The van der Waals surface area contributed by atoms with E-state index in [9.17, 15) is 22.4 Å². The van der Waals surface area contributed by atoms with E-state index in [0.717, 1.165) is 18.2 Å². The average Bonchev–Trinajstić information content (AvgIpc) is 2.77. The van der Waals surface area contributed by atoms with Crippen LogP contribution in [0, 0.1) is 5.82 Å². The first-order valence-electron chi connectivity index (χ1n) is 5.01. The first-order valence-corrected chi connectivity index (χ1v) is 5.01. The van der Waals surface area contributed by atoms with E-state index in [1.807, 2.05) is 0 Å². The van der Waals surface area contributed by atoms with E-state index >= 15 is 0 Å². The summed E-state index contributed by atoms with van der Waals surface area (Å²) < 4.78 is 51.3. The van der Waals surface area contributed by atoms with Gasteiger partial charge in [-0.1, -0.05) is 0 Å². The van der Waals surface area contributed by atoms with Crippen LogP contribution in [0.25, 0.3) is 11.3 Å². The van der Waals surface area contributed by atoms with Gasteiger partial charge < -0.3 is 5.73 Å². The Balaban J connectivity index is 2.58. The minimum atomic E-state index is -4.73. The van der Waals surface area contributed by atoms with Gasteiger partial charge in [0.25, 0.3) is 5.91 Å². The first kappa shape index (κ1) is 13.1. The van der Waals surface area contributed by atoms with E-state index in [1.54, 1.807) is 0 Å². The highest BCUT2D eigenvalue weighted by Crippen LogP contribution is 2.36. The van der Waals surface area contributed by atoms with Gasteiger partial charge in [-0.05, 0) is 24.3 Å². The minimum Gasteiger partial charge on any atom is -0.364 e. The Hall–Kier alpha value is -2.38. The van der Waals surface area contributed by atoms with Crippen LogP contribution in [0.4, 0.5) is 17.6 Å². The van der Waals surface area contributed by atoms with Crippen molar-refractivity contribution in [2.24, 2.45) is 5.73 Å². The summed E-state index contributed by atoms with van der Waals surface area (Å²) in [5, 5.41) is 5.77. The number of amides is 1. The molecule has 19 heavy (non-hydrogen) atoms. The summed E-state index contributed by atoms with van der Waals surface area (Å²) in [7, 11) is 0. The van der Waals surface area contributed by atoms with E-state index in [4.69, 9.17) is 5.73 Å². The number of H-pyrrole nitrogens is 1. The molecule has 3 N–H and O–H groups in total. The quantitative estimate of drug-likeness (QED) is 0.824. The van der Waals surface area contributed by atoms with Crippen LogP contribution in [0.1, 0.15) is 16.1 Å². The molecule has 0 saturated heterocycles. The molecule has 100 valence electrons. The second kappa shape index (κ2) is 4.38. The molecule has 0 aliphatic rings. The lowest BCUT2D eigenvalue weighted by Crippen LogP contribution is -2.11. The average molecular weight is 273 g/mol. The van der Waals surface area contributed by atoms with Gasteiger partial charge in [-0.15, -0.1) is 0 Å². The minimum absolute atomic E-state index is 0.132. The Morgan fingerprint density at radius 3 is 2.47 bits per heavy atom. The SMILES string of the molecule is NC(=O)c1cc(-c2ccc(F)cc2C(F)(F)F)n[nH]1. The normalized spacial score (nSPS) is 11.6. The predicted octanol–water partition coefficient (Wildman–Crippen LogP) is 2.33. The van der Waals surface area contributed by atoms with E-state index < -0.39 is 23.5 Å². The van der Waals surface area contributed by atoms with Gasteiger partial charge in [-0.25, -0.2) is 4.39 Å². The zero-order valence-electron chi connectivity index (χ0n) is 9.25. The van der Waals surface area contributed by atoms with Gasteiger partial charge in [0.1, 0.15) is 11.5 Å². The largest absolute Gasteiger partial charge is 0.417 e. The van der Waals surface area contributed by atoms with Crippen molar-refractivity contribution in [1.82, 2.24) is 10.2 Å². The van der Waals surface area contributed by atoms with Gasteiger partial charge in [0.15, 0.2) is 0 Å². The van der Waals surface area contributed by atoms with Gasteiger partial charge in [0.05, 0.1) is 11.3 Å². The number of carbonyl (C=O) groups excluding carboxylic acids is 1. The van der Waals surface area contributed by atoms with Crippen molar-refractivity contribution < 1.29 is 22.4 Å². The highest BCUT2D eigenvalue weighted by molar-refractivity contribution is 5.92. The number of primary amides is 1. The fourth-order valence-corrected chi connectivity index (χ4v) is 1.56. The Kier molecular flexibility index (Phi) is 3.01. The van der Waals surface area contributed by atoms with Crippen LogP contribution in [0.15, 0.2) is 24.3 Å². The monoisotopic (exact) mass is 273 g/mol. The van der Waals surface area contributed by atoms with Crippen LogP contribution >= 0.6 is 0 Å². The number of aromatic amines is 1. The van der Waals surface area contributed by atoms with Gasteiger partial charge in [-0.3, -0.25) is 9.89 Å². The molecule has 0 fully saturated rings. The predicted molar refractivity (Wildman–Crippen MR) is 57.5 cm³/mol. The topological polar surface area (TPSA) is 71.8 Å². The second-order valence-corrected chi connectivity index (χ2v) is 3.72. The number of carbonyl (C=O) groups is 1. The van der Waals surface area contributed by atoms with Gasteiger partial charge >= 0.3 is 6.18 Å². The maximum atomic E-state index is 12.9. The molecule has 0 aliphatic heterocycles. The number of nitrogens with zero attached hydrogens (tertiary/aromatic N) is 1. The van der Waals surface area contributed by atoms with Crippen LogP contribution in [-0.2, 0) is 6.18 Å². The number of nitrogens with one attached hydrogen (secondary N) is 1. The summed E-state index contributed by atoms with van der Waals surface area (Å²) in [4.78, 5) is 10.9. The number of halogens is 4. The highest BCUT2D eigenvalue weighted by Gasteiger charge is 2.34. The molecule has 0 spiro atoms. The third kappa shape index (κ3) is 2.56. The highest BCUT2D eigenvalue weighted by atomic mass is 19.4. The van der Waals surface area contributed by atoms with E-state index in [1.165, 1.54) is 0 Å². The Bertz CT molecular complexity index is 633. The molecular formula is C11H7F4N3O. The zero-order valence-corrected chi connectivity index (χ0v) is 9.25. The number of aromatic nitrogens is 2. The molecule has 2 rings (SSSR count). The summed E-state index contributed by atoms with van der Waals surface area (Å²) in [6, 6.07) is 3.26. The lowest BCUT2D eigenvalue weighted by atomic mass is 10.0. The number of alkyl halides is 3. The maximum Gasteiger partial charge on any atom is 0.417 e. The Labute approximate surface area is 104 Å². The van der Waals surface area contributed by atoms with Crippen molar-refractivity contribution in [3.8, 4) is 11.3 Å². The van der Waals surface area contributed by atoms with Crippen LogP contribution in [0.5, 0.6) is 0 Å². The molecule has 0 atom stereocenters. The summed E-state index contributed by atoms with van der Waals surface area (Å²) in [6.07, 6.45) is -4.73. The number of benzene rings is 1. The lowest BCUT2D eigenvalue weighted by molar-refractivity contribution is -0.137. The van der Waals surface area contributed by atoms with Crippen molar-refractivity contribution in [2.45, 2.75) is 6.18 Å². The van der Waals surface area contributed by atoms with Gasteiger partial charge in [0.2, 0.25) is 0 Å². The molecule has 1 amide bonds. The molecule has 0 unspecified atom stereocenters. The number of nitrogens with two attached hydrogens (primary N) is 1. The van der Waals surface area contributed by atoms with Crippen LogP contribution in [-0.4, -0.2) is 16.1 Å². The second-order valence-electron chi connectivity index (χ2n) is 3.72. The van der Waals surface area contributed by atoms with Gasteiger partial charge in [-0.2, -0.15) is 18.3 Å². The number of hydrogen-bond donors (Lipinski definition) is 2. The first-order chi connectivity index (χ1) is 8.79. The van der Waals surface area contributed by atoms with Crippen molar-refractivity contribution in [2.75, 3.05) is 0 Å².